The summed E-state index contributed by atoms with van der Waals surface area (Å²) in [7, 11) is 0. The largest absolute Gasteiger partial charge is 0.456 e. The highest BCUT2D eigenvalue weighted by Gasteiger charge is 2.28. The van der Waals surface area contributed by atoms with Gasteiger partial charge in [0.2, 0.25) is 0 Å². The number of benzene rings is 2. The van der Waals surface area contributed by atoms with Crippen LogP contribution in [0.1, 0.15) is 32.8 Å². The van der Waals surface area contributed by atoms with Gasteiger partial charge in [-0.2, -0.15) is 0 Å². The average Bonchev–Trinajstić information content (AvgIpc) is 2.47. The first-order valence-electron chi connectivity index (χ1n) is 7.31. The second-order valence-electron chi connectivity index (χ2n) is 5.79. The molecule has 0 aliphatic rings. The van der Waals surface area contributed by atoms with Gasteiger partial charge in [0.25, 0.3) is 0 Å². The molecule has 2 nitrogen and oxygen atoms in total. The Morgan fingerprint density at radius 3 is 2.52 bits per heavy atom. The summed E-state index contributed by atoms with van der Waals surface area (Å²) in [5, 5.41) is 2.42. The van der Waals surface area contributed by atoms with E-state index < -0.39 is 5.60 Å². The van der Waals surface area contributed by atoms with Crippen LogP contribution in [0.15, 0.2) is 54.6 Å². The molecule has 110 valence electrons. The van der Waals surface area contributed by atoms with Crippen LogP contribution in [0, 0.1) is 0 Å². The number of hydrogen-bond donors (Lipinski definition) is 0. The zero-order chi connectivity index (χ0) is 15.5. The van der Waals surface area contributed by atoms with Gasteiger partial charge in [-0.3, -0.25) is 0 Å². The van der Waals surface area contributed by atoms with Crippen molar-refractivity contribution in [1.29, 1.82) is 0 Å². The molecule has 2 aromatic carbocycles. The number of carbonyl (C=O) groups excluding carboxylic acids is 1. The van der Waals surface area contributed by atoms with Gasteiger partial charge in [-0.15, -0.1) is 0 Å². The Labute approximate surface area is 126 Å². The minimum Gasteiger partial charge on any atom is -0.456 e. The predicted octanol–water partition coefficient (Wildman–Crippen LogP) is 4.67. The maximum absolute atomic E-state index is 11.8. The maximum atomic E-state index is 11.8. The van der Waals surface area contributed by atoms with Gasteiger partial charge in [0.15, 0.2) is 0 Å². The average molecular weight is 282 g/mol. The normalized spacial score (nSPS) is 13.7. The topological polar surface area (TPSA) is 26.3 Å². The summed E-state index contributed by atoms with van der Waals surface area (Å²) in [4.78, 5) is 11.8. The smallest absolute Gasteiger partial charge is 0.333 e. The van der Waals surface area contributed by atoms with E-state index in [-0.39, 0.29) is 5.97 Å². The summed E-state index contributed by atoms with van der Waals surface area (Å²) in [5.74, 6) is -0.320. The van der Waals surface area contributed by atoms with E-state index in [1.165, 1.54) is 16.3 Å². The Kier molecular flexibility index (Phi) is 4.46. The third-order valence-corrected chi connectivity index (χ3v) is 3.88. The second kappa shape index (κ2) is 6.13. The molecule has 0 heterocycles. The Morgan fingerprint density at radius 2 is 1.86 bits per heavy atom. The quantitative estimate of drug-likeness (QED) is 0.588. The first-order chi connectivity index (χ1) is 9.95. The summed E-state index contributed by atoms with van der Waals surface area (Å²) in [5.41, 5.74) is 1.12. The van der Waals surface area contributed by atoms with Gasteiger partial charge in [0.05, 0.1) is 0 Å². The summed E-state index contributed by atoms with van der Waals surface area (Å²) in [6.07, 6.45) is 1.46. The minimum absolute atomic E-state index is 0.320. The molecule has 0 radical (unpaired) electrons. The standard InChI is InChI=1S/C19H22O2/c1-5-19(4,21-18(20)14(2)3)13-16-11-8-10-15-9-6-7-12-17(15)16/h6-12H,2,5,13H2,1,3-4H3. The molecular weight excluding hydrogens is 260 g/mol. The molecule has 2 heteroatoms. The highest BCUT2D eigenvalue weighted by molar-refractivity contribution is 5.88. The van der Waals surface area contributed by atoms with Crippen molar-refractivity contribution < 1.29 is 9.53 Å². The van der Waals surface area contributed by atoms with Crippen molar-refractivity contribution in [3.8, 4) is 0 Å². The molecule has 0 bridgehead atoms. The summed E-state index contributed by atoms with van der Waals surface area (Å²) < 4.78 is 5.66. The maximum Gasteiger partial charge on any atom is 0.333 e. The minimum atomic E-state index is -0.514. The number of ether oxygens (including phenoxy) is 1. The Hall–Kier alpha value is -2.09. The summed E-state index contributed by atoms with van der Waals surface area (Å²) in [6.45, 7) is 9.35. The van der Waals surface area contributed by atoms with Gasteiger partial charge in [-0.25, -0.2) is 4.79 Å². The lowest BCUT2D eigenvalue weighted by Crippen LogP contribution is -2.33. The number of hydrogen-bond acceptors (Lipinski definition) is 2. The lowest BCUT2D eigenvalue weighted by atomic mass is 9.90. The first-order valence-corrected chi connectivity index (χ1v) is 7.31. The molecule has 1 atom stereocenters. The highest BCUT2D eigenvalue weighted by atomic mass is 16.6. The van der Waals surface area contributed by atoms with Crippen molar-refractivity contribution in [2.45, 2.75) is 39.2 Å². The summed E-state index contributed by atoms with van der Waals surface area (Å²) in [6, 6.07) is 14.5. The van der Waals surface area contributed by atoms with E-state index in [0.29, 0.717) is 12.0 Å². The third kappa shape index (κ3) is 3.52. The van der Waals surface area contributed by atoms with Crippen LogP contribution in [0.2, 0.25) is 0 Å². The molecule has 2 aromatic rings. The van der Waals surface area contributed by atoms with Crippen molar-refractivity contribution in [2.24, 2.45) is 0 Å². The van der Waals surface area contributed by atoms with Crippen LogP contribution >= 0.6 is 0 Å². The van der Waals surface area contributed by atoms with Crippen molar-refractivity contribution in [3.63, 3.8) is 0 Å². The molecule has 0 aliphatic carbocycles. The molecule has 0 amide bonds. The zero-order valence-electron chi connectivity index (χ0n) is 13.0. The molecule has 0 aromatic heterocycles. The van der Waals surface area contributed by atoms with E-state index in [1.54, 1.807) is 6.92 Å². The molecule has 0 saturated carbocycles. The molecule has 0 N–H and O–H groups in total. The van der Waals surface area contributed by atoms with E-state index in [9.17, 15) is 4.79 Å². The van der Waals surface area contributed by atoms with Gasteiger partial charge >= 0.3 is 5.97 Å². The van der Waals surface area contributed by atoms with Crippen LogP contribution in [-0.4, -0.2) is 11.6 Å². The Balaban J connectivity index is 2.32. The number of rotatable bonds is 5. The fraction of sp³-hybridized carbons (Fsp3) is 0.316. The van der Waals surface area contributed by atoms with Crippen LogP contribution in [0.25, 0.3) is 10.8 Å². The van der Waals surface area contributed by atoms with Crippen LogP contribution < -0.4 is 0 Å². The molecule has 0 fully saturated rings. The van der Waals surface area contributed by atoms with Gasteiger partial charge in [0, 0.05) is 12.0 Å². The lowest BCUT2D eigenvalue weighted by Gasteiger charge is -2.29. The Bertz CT molecular complexity index is 667. The second-order valence-corrected chi connectivity index (χ2v) is 5.79. The fourth-order valence-electron chi connectivity index (χ4n) is 2.39. The van der Waals surface area contributed by atoms with E-state index in [2.05, 4.69) is 30.8 Å². The molecule has 0 spiro atoms. The van der Waals surface area contributed by atoms with E-state index in [1.807, 2.05) is 32.0 Å². The van der Waals surface area contributed by atoms with Crippen molar-refractivity contribution in [2.75, 3.05) is 0 Å². The summed E-state index contributed by atoms with van der Waals surface area (Å²) >= 11 is 0. The Morgan fingerprint density at radius 1 is 1.19 bits per heavy atom. The van der Waals surface area contributed by atoms with Crippen molar-refractivity contribution >= 4 is 16.7 Å². The number of carbonyl (C=O) groups is 1. The molecular formula is C19H22O2. The van der Waals surface area contributed by atoms with Gasteiger partial charge < -0.3 is 4.74 Å². The van der Waals surface area contributed by atoms with Gasteiger partial charge in [0.1, 0.15) is 5.60 Å². The number of fused-ring (bicyclic) bond motifs is 1. The van der Waals surface area contributed by atoms with Crippen molar-refractivity contribution in [1.82, 2.24) is 0 Å². The van der Waals surface area contributed by atoms with Crippen LogP contribution in [-0.2, 0) is 16.0 Å². The highest BCUT2D eigenvalue weighted by Crippen LogP contribution is 2.27. The van der Waals surface area contributed by atoms with E-state index in [4.69, 9.17) is 4.74 Å². The number of esters is 1. The third-order valence-electron chi connectivity index (χ3n) is 3.88. The van der Waals surface area contributed by atoms with E-state index >= 15 is 0 Å². The van der Waals surface area contributed by atoms with Gasteiger partial charge in [-0.05, 0) is 36.6 Å². The molecule has 2 rings (SSSR count). The fourth-order valence-corrected chi connectivity index (χ4v) is 2.39. The molecule has 0 saturated heterocycles. The molecule has 1 unspecified atom stereocenters. The molecule has 0 aliphatic heterocycles. The predicted molar refractivity (Wildman–Crippen MR) is 87.3 cm³/mol. The lowest BCUT2D eigenvalue weighted by molar-refractivity contribution is -0.153. The molecule has 21 heavy (non-hydrogen) atoms. The van der Waals surface area contributed by atoms with Gasteiger partial charge in [-0.1, -0.05) is 56.0 Å². The van der Waals surface area contributed by atoms with Crippen LogP contribution in [0.5, 0.6) is 0 Å². The zero-order valence-corrected chi connectivity index (χ0v) is 13.0. The van der Waals surface area contributed by atoms with Crippen LogP contribution in [0.3, 0.4) is 0 Å². The first kappa shape index (κ1) is 15.3. The SMILES string of the molecule is C=C(C)C(=O)OC(C)(CC)Cc1cccc2ccccc12. The van der Waals surface area contributed by atoms with Crippen LogP contribution in [0.4, 0.5) is 0 Å². The van der Waals surface area contributed by atoms with Crippen molar-refractivity contribution in [3.05, 3.63) is 60.2 Å². The van der Waals surface area contributed by atoms with E-state index in [0.717, 1.165) is 6.42 Å². The monoisotopic (exact) mass is 282 g/mol.